The first-order valence-electron chi connectivity index (χ1n) is 9.15. The molecule has 0 radical (unpaired) electrons. The molecule has 0 aliphatic carbocycles. The fourth-order valence-corrected chi connectivity index (χ4v) is 3.18. The Labute approximate surface area is 168 Å². The van der Waals surface area contributed by atoms with Crippen molar-refractivity contribution in [1.82, 2.24) is 4.90 Å². The number of rotatable bonds is 7. The third-order valence-corrected chi connectivity index (χ3v) is 4.79. The maximum absolute atomic E-state index is 13.4. The number of primary amides is 1. The fourth-order valence-electron chi connectivity index (χ4n) is 3.18. The van der Waals surface area contributed by atoms with Crippen LogP contribution in [0.4, 0.5) is 5.69 Å². The van der Waals surface area contributed by atoms with Crippen LogP contribution in [-0.4, -0.2) is 50.1 Å². The lowest BCUT2D eigenvalue weighted by Crippen LogP contribution is -2.42. The van der Waals surface area contributed by atoms with Crippen LogP contribution in [0.25, 0.3) is 0 Å². The Hall–Kier alpha value is -3.55. The Balaban J connectivity index is 1.98. The van der Waals surface area contributed by atoms with E-state index in [-0.39, 0.29) is 18.5 Å². The highest BCUT2D eigenvalue weighted by atomic mass is 16.5. The Morgan fingerprint density at radius 2 is 1.66 bits per heavy atom. The zero-order valence-corrected chi connectivity index (χ0v) is 16.4. The smallest absolute Gasteiger partial charge is 0.260 e. The highest BCUT2D eigenvalue weighted by Gasteiger charge is 2.27. The van der Waals surface area contributed by atoms with Crippen LogP contribution in [-0.2, 0) is 4.79 Å². The van der Waals surface area contributed by atoms with Gasteiger partial charge in [0.2, 0.25) is 11.8 Å². The van der Waals surface area contributed by atoms with Crippen molar-refractivity contribution < 1.29 is 23.9 Å². The molecule has 1 aliphatic heterocycles. The van der Waals surface area contributed by atoms with Gasteiger partial charge in [-0.1, -0.05) is 0 Å². The number of nitrogens with zero attached hydrogens (tertiary/aromatic N) is 2. The number of hydrogen-bond acceptors (Lipinski definition) is 5. The standard InChI is InChI=1S/C21H23N3O5/c1-28-17-10-15(11-18(12-17)29-2)21(27)24(13-23-9-3-4-19(23)25)16-7-5-14(6-8-16)20(22)26/h5-8,10-12H,3-4,9,13H2,1-2H3,(H2,22,26). The van der Waals surface area contributed by atoms with E-state index < -0.39 is 5.91 Å². The van der Waals surface area contributed by atoms with Gasteiger partial charge in [-0.05, 0) is 42.8 Å². The molecule has 3 amide bonds. The van der Waals surface area contributed by atoms with Gasteiger partial charge in [-0.3, -0.25) is 19.3 Å². The average Bonchev–Trinajstić information content (AvgIpc) is 3.15. The van der Waals surface area contributed by atoms with Gasteiger partial charge in [0, 0.05) is 35.8 Å². The molecule has 0 spiro atoms. The number of hydrogen-bond donors (Lipinski definition) is 1. The summed E-state index contributed by atoms with van der Waals surface area (Å²) < 4.78 is 10.5. The third kappa shape index (κ3) is 4.48. The molecule has 1 saturated heterocycles. The van der Waals surface area contributed by atoms with Crippen LogP contribution in [0.1, 0.15) is 33.6 Å². The average molecular weight is 397 g/mol. The molecule has 1 fully saturated rings. The van der Waals surface area contributed by atoms with E-state index in [1.165, 1.54) is 19.1 Å². The molecule has 0 bridgehead atoms. The van der Waals surface area contributed by atoms with E-state index in [2.05, 4.69) is 0 Å². The molecule has 1 heterocycles. The lowest BCUT2D eigenvalue weighted by Gasteiger charge is -2.28. The first-order chi connectivity index (χ1) is 13.9. The Kier molecular flexibility index (Phi) is 6.01. The van der Waals surface area contributed by atoms with Crippen molar-refractivity contribution in [3.63, 3.8) is 0 Å². The molecular formula is C21H23N3O5. The summed E-state index contributed by atoms with van der Waals surface area (Å²) in [5.74, 6) is 0.0816. The quantitative estimate of drug-likeness (QED) is 0.770. The summed E-state index contributed by atoms with van der Waals surface area (Å²) in [5, 5.41) is 0. The van der Waals surface area contributed by atoms with E-state index in [9.17, 15) is 14.4 Å². The molecule has 1 aliphatic rings. The first kappa shape index (κ1) is 20.2. The molecule has 8 nitrogen and oxygen atoms in total. The summed E-state index contributed by atoms with van der Waals surface area (Å²) in [6, 6.07) is 11.3. The lowest BCUT2D eigenvalue weighted by molar-refractivity contribution is -0.127. The van der Waals surface area contributed by atoms with Gasteiger partial charge < -0.3 is 20.1 Å². The number of ether oxygens (including phenoxy) is 2. The van der Waals surface area contributed by atoms with Crippen molar-refractivity contribution in [1.29, 1.82) is 0 Å². The predicted octanol–water partition coefficient (Wildman–Crippen LogP) is 2.03. The number of carbonyl (C=O) groups is 3. The van der Waals surface area contributed by atoms with Crippen LogP contribution in [0.2, 0.25) is 0 Å². The Bertz CT molecular complexity index is 904. The van der Waals surface area contributed by atoms with E-state index in [0.29, 0.717) is 41.3 Å². The van der Waals surface area contributed by atoms with Crippen molar-refractivity contribution in [2.45, 2.75) is 12.8 Å². The molecule has 0 atom stereocenters. The van der Waals surface area contributed by atoms with Crippen LogP contribution < -0.4 is 20.1 Å². The van der Waals surface area contributed by atoms with Crippen molar-refractivity contribution >= 4 is 23.4 Å². The largest absolute Gasteiger partial charge is 0.497 e. The summed E-state index contributed by atoms with van der Waals surface area (Å²) >= 11 is 0. The zero-order chi connectivity index (χ0) is 21.0. The molecule has 29 heavy (non-hydrogen) atoms. The fraction of sp³-hybridized carbons (Fsp3) is 0.286. The van der Waals surface area contributed by atoms with E-state index in [0.717, 1.165) is 6.42 Å². The number of methoxy groups -OCH3 is 2. The molecule has 3 rings (SSSR count). The number of anilines is 1. The van der Waals surface area contributed by atoms with Crippen LogP contribution in [0.15, 0.2) is 42.5 Å². The highest BCUT2D eigenvalue weighted by Crippen LogP contribution is 2.26. The second-order valence-electron chi connectivity index (χ2n) is 6.65. The SMILES string of the molecule is COc1cc(OC)cc(C(=O)N(CN2CCCC2=O)c2ccc(C(N)=O)cc2)c1. The lowest BCUT2D eigenvalue weighted by atomic mass is 10.1. The summed E-state index contributed by atoms with van der Waals surface area (Å²) in [6.45, 7) is 0.691. The third-order valence-electron chi connectivity index (χ3n) is 4.79. The number of nitrogens with two attached hydrogens (primary N) is 1. The molecule has 2 N–H and O–H groups in total. The highest BCUT2D eigenvalue weighted by molar-refractivity contribution is 6.07. The molecule has 0 saturated carbocycles. The second-order valence-corrected chi connectivity index (χ2v) is 6.65. The van der Waals surface area contributed by atoms with E-state index in [4.69, 9.17) is 15.2 Å². The van der Waals surface area contributed by atoms with Crippen LogP contribution >= 0.6 is 0 Å². The second kappa shape index (κ2) is 8.64. The van der Waals surface area contributed by atoms with Gasteiger partial charge >= 0.3 is 0 Å². The van der Waals surface area contributed by atoms with Gasteiger partial charge in [-0.25, -0.2) is 0 Å². The number of likely N-dealkylation sites (tertiary alicyclic amines) is 1. The molecule has 8 heteroatoms. The minimum Gasteiger partial charge on any atom is -0.497 e. The summed E-state index contributed by atoms with van der Waals surface area (Å²) in [5.41, 5.74) is 6.54. The number of benzene rings is 2. The minimum atomic E-state index is -0.554. The molecular weight excluding hydrogens is 374 g/mol. The molecule has 2 aromatic carbocycles. The van der Waals surface area contributed by atoms with Gasteiger partial charge in [-0.2, -0.15) is 0 Å². The Morgan fingerprint density at radius 3 is 2.14 bits per heavy atom. The topological polar surface area (TPSA) is 102 Å². The van der Waals surface area contributed by atoms with Gasteiger partial charge in [0.1, 0.15) is 18.2 Å². The predicted molar refractivity (Wildman–Crippen MR) is 107 cm³/mol. The first-order valence-corrected chi connectivity index (χ1v) is 9.15. The van der Waals surface area contributed by atoms with Crippen molar-refractivity contribution in [2.24, 2.45) is 5.73 Å². The summed E-state index contributed by atoms with van der Waals surface area (Å²) in [6.07, 6.45) is 1.23. The van der Waals surface area contributed by atoms with Gasteiger partial charge in [0.25, 0.3) is 5.91 Å². The molecule has 2 aromatic rings. The number of amides is 3. The van der Waals surface area contributed by atoms with Crippen molar-refractivity contribution in [2.75, 3.05) is 32.3 Å². The normalized spacial score (nSPS) is 13.3. The molecule has 0 unspecified atom stereocenters. The summed E-state index contributed by atoms with van der Waals surface area (Å²) in [7, 11) is 3.01. The van der Waals surface area contributed by atoms with Gasteiger partial charge in [0.05, 0.1) is 14.2 Å². The van der Waals surface area contributed by atoms with Crippen LogP contribution in [0.3, 0.4) is 0 Å². The van der Waals surface area contributed by atoms with Crippen LogP contribution in [0, 0.1) is 0 Å². The van der Waals surface area contributed by atoms with E-state index in [1.807, 2.05) is 0 Å². The summed E-state index contributed by atoms with van der Waals surface area (Å²) in [4.78, 5) is 40.0. The van der Waals surface area contributed by atoms with Crippen LogP contribution in [0.5, 0.6) is 11.5 Å². The maximum atomic E-state index is 13.4. The maximum Gasteiger partial charge on any atom is 0.260 e. The van der Waals surface area contributed by atoms with Crippen molar-refractivity contribution in [3.8, 4) is 11.5 Å². The zero-order valence-electron chi connectivity index (χ0n) is 16.4. The van der Waals surface area contributed by atoms with Gasteiger partial charge in [0.15, 0.2) is 0 Å². The van der Waals surface area contributed by atoms with Crippen molar-refractivity contribution in [3.05, 3.63) is 53.6 Å². The van der Waals surface area contributed by atoms with Gasteiger partial charge in [-0.15, -0.1) is 0 Å². The number of carbonyl (C=O) groups excluding carboxylic acids is 3. The Morgan fingerprint density at radius 1 is 1.03 bits per heavy atom. The minimum absolute atomic E-state index is 0.000205. The van der Waals surface area contributed by atoms with E-state index in [1.54, 1.807) is 47.4 Å². The van der Waals surface area contributed by atoms with E-state index >= 15 is 0 Å². The molecule has 0 aromatic heterocycles. The monoisotopic (exact) mass is 397 g/mol. The molecule has 152 valence electrons.